The summed E-state index contributed by atoms with van der Waals surface area (Å²) in [6.45, 7) is -0.815. The molecule has 0 N–H and O–H groups in total. The summed E-state index contributed by atoms with van der Waals surface area (Å²) in [5.74, 6) is -1.34. The van der Waals surface area contributed by atoms with Gasteiger partial charge in [-0.2, -0.15) is 26.3 Å². The number of carbonyl (C=O) groups excluding carboxylic acids is 1. The Labute approximate surface area is 223 Å². The first-order chi connectivity index (χ1) is 18.5. The Balaban J connectivity index is 1.40. The molecule has 0 heterocycles. The molecule has 0 spiro atoms. The molecule has 0 amide bonds. The minimum absolute atomic E-state index is 0.0112. The lowest BCUT2D eigenvalue weighted by Crippen LogP contribution is -2.14. The number of carbonyl (C=O) groups is 1. The van der Waals surface area contributed by atoms with Gasteiger partial charge in [-0.3, -0.25) is 0 Å². The molecule has 0 aromatic heterocycles. The number of alkyl halides is 6. The van der Waals surface area contributed by atoms with Crippen LogP contribution in [0, 0.1) is 0 Å². The molecule has 0 unspecified atom stereocenters. The lowest BCUT2D eigenvalue weighted by Gasteiger charge is -2.15. The summed E-state index contributed by atoms with van der Waals surface area (Å²) in [5.41, 5.74) is -2.74. The Hall–Kier alpha value is -3.92. The molecule has 39 heavy (non-hydrogen) atoms. The Morgan fingerprint density at radius 1 is 0.615 bits per heavy atom. The van der Waals surface area contributed by atoms with Gasteiger partial charge in [-0.1, -0.05) is 36.4 Å². The van der Waals surface area contributed by atoms with Gasteiger partial charge in [0.25, 0.3) is 0 Å². The zero-order chi connectivity index (χ0) is 28.0. The van der Waals surface area contributed by atoms with E-state index in [1.165, 1.54) is 0 Å². The number of ether oxygens (including phenoxy) is 2. The molecule has 0 aliphatic heterocycles. The van der Waals surface area contributed by atoms with Crippen LogP contribution in [-0.2, 0) is 28.0 Å². The Kier molecular flexibility index (Phi) is 8.54. The third kappa shape index (κ3) is 7.35. The van der Waals surface area contributed by atoms with E-state index in [0.29, 0.717) is 12.1 Å². The molecule has 4 aromatic carbocycles. The molecule has 0 bridgehead atoms. The van der Waals surface area contributed by atoms with E-state index in [-0.39, 0.29) is 18.2 Å². The van der Waals surface area contributed by atoms with Crippen molar-refractivity contribution in [2.24, 2.45) is 0 Å². The van der Waals surface area contributed by atoms with Crippen molar-refractivity contribution in [2.75, 3.05) is 13.2 Å². The molecule has 0 saturated heterocycles. The highest BCUT2D eigenvalue weighted by Gasteiger charge is 2.37. The van der Waals surface area contributed by atoms with Gasteiger partial charge in [0.05, 0.1) is 27.6 Å². The fraction of sp³-hybridized carbons (Fsp3) is 0.138. The standard InChI is InChI=1S/C29H21F6O3S/c30-28(31,32)21-17-22(29(33,34)35)19-23(18-21)37-15-16-38-27(36)20-11-13-26(14-12-20)39(24-7-3-1-4-8-24)25-9-5-2-6-10-25/h1-14,17-19H,15-16H2/q+1. The number of rotatable bonds is 8. The molecular formula is C29H21F6O3S+. The maximum absolute atomic E-state index is 13.0. The molecule has 0 aliphatic rings. The summed E-state index contributed by atoms with van der Waals surface area (Å²) in [6.07, 6.45) is -9.97. The van der Waals surface area contributed by atoms with Crippen molar-refractivity contribution >= 4 is 16.9 Å². The van der Waals surface area contributed by atoms with Crippen molar-refractivity contribution in [1.29, 1.82) is 0 Å². The molecule has 202 valence electrons. The number of benzene rings is 4. The molecule has 10 heteroatoms. The van der Waals surface area contributed by atoms with E-state index >= 15 is 0 Å². The average molecular weight is 564 g/mol. The third-order valence-electron chi connectivity index (χ3n) is 5.43. The lowest BCUT2D eigenvalue weighted by atomic mass is 10.1. The molecule has 0 fully saturated rings. The largest absolute Gasteiger partial charge is 0.490 e. The van der Waals surface area contributed by atoms with Crippen molar-refractivity contribution in [3.8, 4) is 5.75 Å². The van der Waals surface area contributed by atoms with E-state index in [2.05, 4.69) is 0 Å². The van der Waals surface area contributed by atoms with E-state index in [1.54, 1.807) is 12.1 Å². The van der Waals surface area contributed by atoms with Crippen LogP contribution in [0.4, 0.5) is 26.3 Å². The normalized spacial score (nSPS) is 11.9. The van der Waals surface area contributed by atoms with Crippen LogP contribution in [0.3, 0.4) is 0 Å². The smallest absolute Gasteiger partial charge is 0.416 e. The van der Waals surface area contributed by atoms with Gasteiger partial charge in [0.2, 0.25) is 0 Å². The minimum Gasteiger partial charge on any atom is -0.490 e. The van der Waals surface area contributed by atoms with Gasteiger partial charge >= 0.3 is 18.3 Å². The molecule has 4 aromatic rings. The van der Waals surface area contributed by atoms with Crippen LogP contribution in [0.5, 0.6) is 5.75 Å². The summed E-state index contributed by atoms with van der Waals surface area (Å²) in [4.78, 5) is 15.6. The van der Waals surface area contributed by atoms with Crippen molar-refractivity contribution in [3.63, 3.8) is 0 Å². The topological polar surface area (TPSA) is 35.5 Å². The zero-order valence-corrected chi connectivity index (χ0v) is 20.9. The first kappa shape index (κ1) is 28.1. The van der Waals surface area contributed by atoms with Crippen LogP contribution in [-0.4, -0.2) is 19.2 Å². The number of halogens is 6. The third-order valence-corrected chi connectivity index (χ3v) is 7.66. The highest BCUT2D eigenvalue weighted by Crippen LogP contribution is 2.38. The maximum Gasteiger partial charge on any atom is 0.416 e. The van der Waals surface area contributed by atoms with Crippen molar-refractivity contribution < 1.29 is 40.6 Å². The van der Waals surface area contributed by atoms with Gasteiger partial charge in [0, 0.05) is 0 Å². The summed E-state index contributed by atoms with van der Waals surface area (Å²) < 4.78 is 88.1. The second-order valence-electron chi connectivity index (χ2n) is 8.18. The zero-order valence-electron chi connectivity index (χ0n) is 20.1. The molecule has 0 radical (unpaired) electrons. The molecule has 0 saturated carbocycles. The highest BCUT2D eigenvalue weighted by molar-refractivity contribution is 7.97. The highest BCUT2D eigenvalue weighted by atomic mass is 32.2. The van der Waals surface area contributed by atoms with Crippen LogP contribution in [0.1, 0.15) is 21.5 Å². The Morgan fingerprint density at radius 2 is 1.08 bits per heavy atom. The van der Waals surface area contributed by atoms with E-state index < -0.39 is 52.7 Å². The van der Waals surface area contributed by atoms with E-state index in [9.17, 15) is 31.1 Å². The minimum atomic E-state index is -4.99. The molecule has 3 nitrogen and oxygen atoms in total. The fourth-order valence-electron chi connectivity index (χ4n) is 3.64. The molecule has 4 rings (SSSR count). The van der Waals surface area contributed by atoms with E-state index in [4.69, 9.17) is 9.47 Å². The van der Waals surface area contributed by atoms with Gasteiger partial charge in [-0.25, -0.2) is 4.79 Å². The van der Waals surface area contributed by atoms with Crippen LogP contribution >= 0.6 is 0 Å². The Bertz CT molecular complexity index is 1320. The van der Waals surface area contributed by atoms with Gasteiger partial charge in [0.15, 0.2) is 14.7 Å². The van der Waals surface area contributed by atoms with Crippen molar-refractivity contribution in [2.45, 2.75) is 27.0 Å². The number of hydrogen-bond donors (Lipinski definition) is 0. The van der Waals surface area contributed by atoms with Crippen molar-refractivity contribution in [1.82, 2.24) is 0 Å². The van der Waals surface area contributed by atoms with Gasteiger partial charge in [-0.15, -0.1) is 0 Å². The Morgan fingerprint density at radius 3 is 1.54 bits per heavy atom. The predicted molar refractivity (Wildman–Crippen MR) is 134 cm³/mol. The molecule has 0 atom stereocenters. The lowest BCUT2D eigenvalue weighted by molar-refractivity contribution is -0.143. The number of hydrogen-bond acceptors (Lipinski definition) is 3. The van der Waals surface area contributed by atoms with Crippen LogP contribution in [0.25, 0.3) is 0 Å². The first-order valence-corrected chi connectivity index (χ1v) is 12.8. The number of esters is 1. The molecular weight excluding hydrogens is 542 g/mol. The average Bonchev–Trinajstić information content (AvgIpc) is 2.92. The van der Waals surface area contributed by atoms with E-state index in [1.807, 2.05) is 72.8 Å². The van der Waals surface area contributed by atoms with Gasteiger partial charge < -0.3 is 9.47 Å². The van der Waals surface area contributed by atoms with Gasteiger partial charge in [0.1, 0.15) is 19.0 Å². The van der Waals surface area contributed by atoms with Crippen LogP contribution in [0.2, 0.25) is 0 Å². The summed E-state index contributed by atoms with van der Waals surface area (Å²) in [6, 6.07) is 27.6. The van der Waals surface area contributed by atoms with E-state index in [0.717, 1.165) is 14.7 Å². The summed E-state index contributed by atoms with van der Waals surface area (Å²) >= 11 is 0. The SMILES string of the molecule is O=C(OCCOc1cc(C(F)(F)F)cc(C(F)(F)F)c1)c1ccc([S+](c2ccccc2)c2ccccc2)cc1. The monoisotopic (exact) mass is 563 g/mol. The van der Waals surface area contributed by atoms with Gasteiger partial charge in [-0.05, 0) is 66.7 Å². The quantitative estimate of drug-likeness (QED) is 0.0942. The predicted octanol–water partition coefficient (Wildman–Crippen LogP) is 8.06. The maximum atomic E-state index is 13.0. The summed E-state index contributed by atoms with van der Waals surface area (Å²) in [5, 5.41) is 0. The van der Waals surface area contributed by atoms with Crippen LogP contribution < -0.4 is 4.74 Å². The van der Waals surface area contributed by atoms with Crippen molar-refractivity contribution in [3.05, 3.63) is 120 Å². The summed E-state index contributed by atoms with van der Waals surface area (Å²) in [7, 11) is -0.413. The second-order valence-corrected chi connectivity index (χ2v) is 10.2. The first-order valence-electron chi connectivity index (χ1n) is 11.6. The molecule has 0 aliphatic carbocycles. The van der Waals surface area contributed by atoms with Crippen LogP contribution in [0.15, 0.2) is 118 Å². The fourth-order valence-corrected chi connectivity index (χ4v) is 5.72. The second kappa shape index (κ2) is 11.9.